The van der Waals surface area contributed by atoms with Gasteiger partial charge in [-0.25, -0.2) is 4.79 Å². The van der Waals surface area contributed by atoms with E-state index < -0.39 is 5.97 Å². The molecule has 3 heterocycles. The lowest BCUT2D eigenvalue weighted by Crippen LogP contribution is -2.20. The molecule has 1 atom stereocenters. The first-order valence-electron chi connectivity index (χ1n) is 8.59. The van der Waals surface area contributed by atoms with Gasteiger partial charge in [0.2, 0.25) is 0 Å². The Bertz CT molecular complexity index is 930. The lowest BCUT2D eigenvalue weighted by Gasteiger charge is -2.14. The predicted molar refractivity (Wildman–Crippen MR) is 94.7 cm³/mol. The normalized spacial score (nSPS) is 17.7. The molecule has 7 nitrogen and oxygen atoms in total. The summed E-state index contributed by atoms with van der Waals surface area (Å²) in [6.07, 6.45) is 2.78. The maximum absolute atomic E-state index is 11.4. The molecule has 0 spiro atoms. The molecule has 1 saturated heterocycles. The van der Waals surface area contributed by atoms with E-state index in [1.807, 2.05) is 29.8 Å². The number of benzene rings is 1. The van der Waals surface area contributed by atoms with Gasteiger partial charge in [-0.3, -0.25) is 4.90 Å². The number of nitrogens with zero attached hydrogens (tertiary/aromatic N) is 4. The van der Waals surface area contributed by atoms with Crippen molar-refractivity contribution >= 4 is 5.97 Å². The summed E-state index contributed by atoms with van der Waals surface area (Å²) in [4.78, 5) is 13.7. The van der Waals surface area contributed by atoms with Crippen molar-refractivity contribution < 1.29 is 14.3 Å². The maximum atomic E-state index is 11.4. The molecule has 1 N–H and O–H groups in total. The van der Waals surface area contributed by atoms with Crippen molar-refractivity contribution in [1.29, 1.82) is 0 Å². The van der Waals surface area contributed by atoms with Crippen LogP contribution in [0, 0.1) is 0 Å². The first-order chi connectivity index (χ1) is 12.6. The summed E-state index contributed by atoms with van der Waals surface area (Å²) in [6, 6.07) is 10.7. The van der Waals surface area contributed by atoms with Crippen LogP contribution in [-0.4, -0.2) is 43.8 Å². The number of carbonyl (C=O) groups is 1. The molecule has 1 aliphatic heterocycles. The van der Waals surface area contributed by atoms with E-state index in [9.17, 15) is 9.90 Å². The molecular weight excluding hydrogens is 332 g/mol. The number of carboxylic acid groups (broad SMARTS) is 1. The minimum absolute atomic E-state index is 0.247. The van der Waals surface area contributed by atoms with Crippen LogP contribution < -0.4 is 0 Å². The van der Waals surface area contributed by atoms with Gasteiger partial charge in [-0.15, -0.1) is 10.2 Å². The second kappa shape index (κ2) is 6.76. The largest absolute Gasteiger partial charge is 0.478 e. The van der Waals surface area contributed by atoms with Crippen LogP contribution in [0.25, 0.3) is 11.3 Å². The SMILES string of the molecule is Cn1cnnc1[C@H]1CCN(Cc2ccc(-c3ccccc3C(=O)O)o2)C1. The molecule has 0 bridgehead atoms. The van der Waals surface area contributed by atoms with Crippen LogP contribution in [0.4, 0.5) is 0 Å². The molecule has 26 heavy (non-hydrogen) atoms. The Labute approximate surface area is 150 Å². The summed E-state index contributed by atoms with van der Waals surface area (Å²) in [5, 5.41) is 17.5. The van der Waals surface area contributed by atoms with E-state index in [1.165, 1.54) is 0 Å². The van der Waals surface area contributed by atoms with Gasteiger partial charge in [-0.05, 0) is 31.2 Å². The minimum Gasteiger partial charge on any atom is -0.478 e. The minimum atomic E-state index is -0.954. The fraction of sp³-hybridized carbons (Fsp3) is 0.316. The molecule has 1 aliphatic rings. The van der Waals surface area contributed by atoms with Gasteiger partial charge in [0, 0.05) is 25.1 Å². The number of aromatic carboxylic acids is 1. The third-order valence-corrected chi connectivity index (χ3v) is 4.85. The van der Waals surface area contributed by atoms with Crippen molar-refractivity contribution in [2.75, 3.05) is 13.1 Å². The Morgan fingerprint density at radius 2 is 2.15 bits per heavy atom. The number of likely N-dealkylation sites (tertiary alicyclic amines) is 1. The zero-order valence-corrected chi connectivity index (χ0v) is 14.5. The average molecular weight is 352 g/mol. The summed E-state index contributed by atoms with van der Waals surface area (Å²) in [7, 11) is 1.97. The molecule has 0 radical (unpaired) electrons. The van der Waals surface area contributed by atoms with Gasteiger partial charge in [0.1, 0.15) is 23.7 Å². The smallest absolute Gasteiger partial charge is 0.336 e. The highest BCUT2D eigenvalue weighted by Gasteiger charge is 2.27. The van der Waals surface area contributed by atoms with Crippen LogP contribution in [0.2, 0.25) is 0 Å². The van der Waals surface area contributed by atoms with Crippen molar-refractivity contribution in [2.45, 2.75) is 18.9 Å². The van der Waals surface area contributed by atoms with Crippen LogP contribution in [0.3, 0.4) is 0 Å². The van der Waals surface area contributed by atoms with Gasteiger partial charge in [0.25, 0.3) is 0 Å². The van der Waals surface area contributed by atoms with Crippen LogP contribution in [-0.2, 0) is 13.6 Å². The highest BCUT2D eigenvalue weighted by Crippen LogP contribution is 2.29. The number of aryl methyl sites for hydroxylation is 1. The summed E-state index contributed by atoms with van der Waals surface area (Å²) in [6.45, 7) is 2.58. The Hall–Kier alpha value is -2.93. The van der Waals surface area contributed by atoms with Crippen LogP contribution in [0.15, 0.2) is 47.1 Å². The van der Waals surface area contributed by atoms with Gasteiger partial charge in [-0.2, -0.15) is 0 Å². The third-order valence-electron chi connectivity index (χ3n) is 4.85. The Balaban J connectivity index is 1.47. The lowest BCUT2D eigenvalue weighted by molar-refractivity contribution is 0.0697. The zero-order valence-electron chi connectivity index (χ0n) is 14.5. The van der Waals surface area contributed by atoms with Gasteiger partial charge >= 0.3 is 5.97 Å². The van der Waals surface area contributed by atoms with Crippen LogP contribution >= 0.6 is 0 Å². The first kappa shape index (κ1) is 16.5. The summed E-state index contributed by atoms with van der Waals surface area (Å²) >= 11 is 0. The van der Waals surface area contributed by atoms with E-state index in [0.29, 0.717) is 23.8 Å². The van der Waals surface area contributed by atoms with E-state index >= 15 is 0 Å². The van der Waals surface area contributed by atoms with E-state index in [1.54, 1.807) is 24.5 Å². The molecule has 3 aromatic rings. The predicted octanol–water partition coefficient (Wildman–Crippen LogP) is 2.76. The second-order valence-corrected chi connectivity index (χ2v) is 6.64. The summed E-state index contributed by atoms with van der Waals surface area (Å²) in [5.74, 6) is 1.86. The topological polar surface area (TPSA) is 84.4 Å². The molecule has 0 saturated carbocycles. The van der Waals surface area contributed by atoms with Gasteiger partial charge in [-0.1, -0.05) is 18.2 Å². The highest BCUT2D eigenvalue weighted by molar-refractivity contribution is 5.95. The quantitative estimate of drug-likeness (QED) is 0.760. The van der Waals surface area contributed by atoms with Crippen molar-refractivity contribution in [2.24, 2.45) is 7.05 Å². The molecule has 134 valence electrons. The van der Waals surface area contributed by atoms with Gasteiger partial charge in [0.15, 0.2) is 0 Å². The number of carboxylic acids is 1. The number of furan rings is 1. The lowest BCUT2D eigenvalue weighted by atomic mass is 10.1. The molecule has 7 heteroatoms. The number of hydrogen-bond donors (Lipinski definition) is 1. The summed E-state index contributed by atoms with van der Waals surface area (Å²) in [5.41, 5.74) is 0.849. The Morgan fingerprint density at radius 3 is 2.92 bits per heavy atom. The molecular formula is C19H20N4O3. The molecule has 0 unspecified atom stereocenters. The zero-order chi connectivity index (χ0) is 18.1. The van der Waals surface area contributed by atoms with Crippen molar-refractivity contribution in [3.8, 4) is 11.3 Å². The van der Waals surface area contributed by atoms with Crippen molar-refractivity contribution in [3.05, 3.63) is 59.9 Å². The van der Waals surface area contributed by atoms with Crippen LogP contribution in [0.1, 0.15) is 34.3 Å². The van der Waals surface area contributed by atoms with Crippen molar-refractivity contribution in [1.82, 2.24) is 19.7 Å². The Kier molecular flexibility index (Phi) is 4.30. The maximum Gasteiger partial charge on any atom is 0.336 e. The average Bonchev–Trinajstić information content (AvgIpc) is 3.36. The monoisotopic (exact) mass is 352 g/mol. The highest BCUT2D eigenvalue weighted by atomic mass is 16.4. The van der Waals surface area contributed by atoms with E-state index in [2.05, 4.69) is 15.1 Å². The number of hydrogen-bond acceptors (Lipinski definition) is 5. The summed E-state index contributed by atoms with van der Waals surface area (Å²) < 4.78 is 7.91. The standard InChI is InChI=1S/C19H20N4O3/c1-22-12-20-21-18(22)13-8-9-23(10-13)11-14-6-7-17(26-14)15-4-2-3-5-16(15)19(24)25/h2-7,12-13H,8-11H2,1H3,(H,24,25)/t13-/m0/s1. The van der Waals surface area contributed by atoms with E-state index in [0.717, 1.165) is 31.1 Å². The molecule has 2 aromatic heterocycles. The molecule has 4 rings (SSSR count). The number of aromatic nitrogens is 3. The number of rotatable bonds is 5. The third kappa shape index (κ3) is 3.13. The molecule has 0 aliphatic carbocycles. The van der Waals surface area contributed by atoms with Crippen LogP contribution in [0.5, 0.6) is 0 Å². The Morgan fingerprint density at radius 1 is 1.31 bits per heavy atom. The first-order valence-corrected chi connectivity index (χ1v) is 8.59. The second-order valence-electron chi connectivity index (χ2n) is 6.64. The van der Waals surface area contributed by atoms with E-state index in [-0.39, 0.29) is 5.56 Å². The van der Waals surface area contributed by atoms with E-state index in [4.69, 9.17) is 4.42 Å². The van der Waals surface area contributed by atoms with Crippen molar-refractivity contribution in [3.63, 3.8) is 0 Å². The fourth-order valence-electron chi connectivity index (χ4n) is 3.56. The fourth-order valence-corrected chi connectivity index (χ4v) is 3.56. The molecule has 1 aromatic carbocycles. The van der Waals surface area contributed by atoms with Gasteiger partial charge < -0.3 is 14.1 Å². The molecule has 0 amide bonds. The van der Waals surface area contributed by atoms with Gasteiger partial charge in [0.05, 0.1) is 12.1 Å². The molecule has 1 fully saturated rings.